The number of carboxylic acid groups (broad SMARTS) is 1. The number of alkyl halides is 6. The van der Waals surface area contributed by atoms with E-state index in [1.807, 2.05) is 13.8 Å². The summed E-state index contributed by atoms with van der Waals surface area (Å²) in [7, 11) is 0. The molecule has 0 radical (unpaired) electrons. The van der Waals surface area contributed by atoms with Gasteiger partial charge in [-0.05, 0) is 63.0 Å². The molecular formula is C28H32F6N8O5S. The number of H-pyrrole nitrogens is 1. The van der Waals surface area contributed by atoms with Gasteiger partial charge in [-0.3, -0.25) is 14.7 Å². The molecule has 8 N–H and O–H groups in total. The number of hydrogen-bond donors (Lipinski definition) is 6. The number of rotatable bonds is 13. The van der Waals surface area contributed by atoms with Crippen LogP contribution in [-0.4, -0.2) is 55.8 Å². The molecule has 2 amide bonds. The first-order valence-electron chi connectivity index (χ1n) is 13.8. The molecule has 1 aromatic carbocycles. The number of aromatic nitrogens is 4. The summed E-state index contributed by atoms with van der Waals surface area (Å²) in [5.74, 6) is -3.82. The van der Waals surface area contributed by atoms with Crippen molar-refractivity contribution in [3.63, 3.8) is 0 Å². The maximum Gasteiger partial charge on any atom is 0.573 e. The van der Waals surface area contributed by atoms with E-state index in [1.54, 1.807) is 6.08 Å². The Kier molecular flexibility index (Phi) is 14.4. The van der Waals surface area contributed by atoms with E-state index in [0.29, 0.717) is 29.2 Å². The van der Waals surface area contributed by atoms with Gasteiger partial charge in [-0.2, -0.15) is 18.3 Å². The largest absolute Gasteiger partial charge is 0.573 e. The van der Waals surface area contributed by atoms with Gasteiger partial charge in [0.25, 0.3) is 0 Å². The van der Waals surface area contributed by atoms with E-state index in [-0.39, 0.29) is 24.6 Å². The highest BCUT2D eigenvalue weighted by Crippen LogP contribution is 2.23. The molecule has 0 saturated carbocycles. The van der Waals surface area contributed by atoms with E-state index >= 15 is 0 Å². The average molecular weight is 707 g/mol. The molecule has 262 valence electrons. The van der Waals surface area contributed by atoms with Gasteiger partial charge < -0.3 is 31.9 Å². The van der Waals surface area contributed by atoms with E-state index in [1.165, 1.54) is 29.5 Å². The number of aryl methyl sites for hydroxylation is 3. The van der Waals surface area contributed by atoms with Gasteiger partial charge in [0.05, 0.1) is 18.5 Å². The average Bonchev–Trinajstić information content (AvgIpc) is 3.54. The molecular weight excluding hydrogens is 674 g/mol. The molecule has 0 saturated heterocycles. The van der Waals surface area contributed by atoms with Gasteiger partial charge in [-0.15, -0.1) is 23.4 Å². The lowest BCUT2D eigenvalue weighted by Gasteiger charge is -2.10. The molecule has 13 nitrogen and oxygen atoms in total. The van der Waals surface area contributed by atoms with Crippen molar-refractivity contribution in [2.75, 3.05) is 5.32 Å². The fourth-order valence-corrected chi connectivity index (χ4v) is 4.53. The number of allylic oxidation sites excluding steroid dienone is 3. The van der Waals surface area contributed by atoms with Crippen LogP contribution < -0.4 is 26.8 Å². The van der Waals surface area contributed by atoms with Gasteiger partial charge in [0.2, 0.25) is 16.9 Å². The van der Waals surface area contributed by atoms with Crippen molar-refractivity contribution < 1.29 is 50.6 Å². The standard InChI is InChI=1S/C26H31F3N8O3S.C2HF3O2/c1-15-20(16(2)35-34-15)14-23(39)33-25-37-36-24(41-25)9-4-3-7-18(30)10-11-21(31)32-22(38)13-17-6-5-8-19(12-17)40-26(27,28)29;3-2(4,5)1(6)7/h5-6,8,10-12H,3-4,7,9,13-14,30-31H2,1-2H3,(H,32,38)(H,34,35)(H,33,37,39);(H,6,7)/b18-10-,21-11+;. The third-order valence-electron chi connectivity index (χ3n) is 5.94. The number of nitrogens with zero attached hydrogens (tertiary/aromatic N) is 3. The lowest BCUT2D eigenvalue weighted by molar-refractivity contribution is -0.274. The maximum absolute atomic E-state index is 12.4. The zero-order valence-electron chi connectivity index (χ0n) is 25.5. The highest BCUT2D eigenvalue weighted by Gasteiger charge is 2.38. The number of amides is 2. The van der Waals surface area contributed by atoms with Crippen LogP contribution in [0.5, 0.6) is 5.75 Å². The fourth-order valence-electron chi connectivity index (χ4n) is 3.73. The number of anilines is 1. The first kappa shape index (κ1) is 39.0. The Labute approximate surface area is 273 Å². The quantitative estimate of drug-likeness (QED) is 0.0843. The Morgan fingerprint density at radius 3 is 2.31 bits per heavy atom. The van der Waals surface area contributed by atoms with Gasteiger partial charge in [0.1, 0.15) is 16.6 Å². The highest BCUT2D eigenvalue weighted by atomic mass is 32.1. The Hall–Kier alpha value is -5.14. The summed E-state index contributed by atoms with van der Waals surface area (Å²) in [5, 5.41) is 28.7. The number of hydrogen-bond acceptors (Lipinski definition) is 10. The Morgan fingerprint density at radius 1 is 1.02 bits per heavy atom. The number of benzene rings is 1. The molecule has 2 aromatic heterocycles. The third kappa shape index (κ3) is 15.0. The summed E-state index contributed by atoms with van der Waals surface area (Å²) in [4.78, 5) is 33.4. The summed E-state index contributed by atoms with van der Waals surface area (Å²) in [6, 6.07) is 5.14. The second kappa shape index (κ2) is 17.7. The smallest absolute Gasteiger partial charge is 0.475 e. The summed E-state index contributed by atoms with van der Waals surface area (Å²) in [6.07, 6.45) is -4.06. The molecule has 0 bridgehead atoms. The van der Waals surface area contributed by atoms with Crippen LogP contribution in [0.4, 0.5) is 31.5 Å². The predicted octanol–water partition coefficient (Wildman–Crippen LogP) is 4.31. The third-order valence-corrected chi connectivity index (χ3v) is 6.84. The SMILES string of the molecule is Cc1n[nH]c(C)c1CC(=O)Nc1nnc(CCCC/C(N)=C/C=C(\N)NC(=O)Cc2cccc(OC(F)(F)F)c2)s1.O=C(O)C(F)(F)F. The number of aromatic amines is 1. The van der Waals surface area contributed by atoms with Gasteiger partial charge in [0, 0.05) is 23.4 Å². The van der Waals surface area contributed by atoms with Crippen LogP contribution in [0.15, 0.2) is 47.9 Å². The minimum atomic E-state index is -5.08. The molecule has 2 heterocycles. The Bertz CT molecular complexity index is 1600. The van der Waals surface area contributed by atoms with Crippen LogP contribution in [0.1, 0.15) is 46.8 Å². The van der Waals surface area contributed by atoms with Crippen LogP contribution in [0.2, 0.25) is 0 Å². The molecule has 3 rings (SSSR count). The van der Waals surface area contributed by atoms with Crippen molar-refractivity contribution in [2.45, 2.75) is 64.9 Å². The molecule has 0 fully saturated rings. The lowest BCUT2D eigenvalue weighted by atomic mass is 10.1. The molecule has 0 aliphatic heterocycles. The van der Waals surface area contributed by atoms with E-state index in [2.05, 4.69) is 35.8 Å². The fraction of sp³-hybridized carbons (Fsp3) is 0.357. The van der Waals surface area contributed by atoms with Gasteiger partial charge in [-0.25, -0.2) is 4.79 Å². The zero-order chi connectivity index (χ0) is 36.1. The molecule has 20 heteroatoms. The number of carbonyl (C=O) groups is 3. The molecule has 0 unspecified atom stereocenters. The van der Waals surface area contributed by atoms with Crippen LogP contribution in [0, 0.1) is 13.8 Å². The van der Waals surface area contributed by atoms with Crippen molar-refractivity contribution in [2.24, 2.45) is 11.5 Å². The van der Waals surface area contributed by atoms with Crippen LogP contribution in [0.3, 0.4) is 0 Å². The monoisotopic (exact) mass is 706 g/mol. The minimum Gasteiger partial charge on any atom is -0.475 e. The van der Waals surface area contributed by atoms with E-state index in [0.717, 1.165) is 46.9 Å². The van der Waals surface area contributed by atoms with E-state index in [4.69, 9.17) is 21.4 Å². The normalized spacial score (nSPS) is 12.2. The second-order valence-electron chi connectivity index (χ2n) is 9.93. The van der Waals surface area contributed by atoms with E-state index < -0.39 is 30.2 Å². The number of halogens is 6. The van der Waals surface area contributed by atoms with Gasteiger partial charge in [-0.1, -0.05) is 23.5 Å². The predicted molar refractivity (Wildman–Crippen MR) is 161 cm³/mol. The molecule has 0 aliphatic carbocycles. The number of carboxylic acids is 1. The van der Waals surface area contributed by atoms with Gasteiger partial charge in [0.15, 0.2) is 0 Å². The Balaban J connectivity index is 0.00000103. The zero-order valence-corrected chi connectivity index (χ0v) is 26.3. The van der Waals surface area contributed by atoms with Crippen LogP contribution in [-0.2, 0) is 33.6 Å². The van der Waals surface area contributed by atoms with Crippen molar-refractivity contribution in [3.8, 4) is 5.75 Å². The summed E-state index contributed by atoms with van der Waals surface area (Å²) in [5.41, 5.74) is 15.2. The van der Waals surface area contributed by atoms with Crippen LogP contribution >= 0.6 is 11.3 Å². The first-order valence-corrected chi connectivity index (χ1v) is 14.6. The van der Waals surface area contributed by atoms with Crippen LogP contribution in [0.25, 0.3) is 0 Å². The molecule has 0 atom stereocenters. The topological polar surface area (TPSA) is 211 Å². The molecule has 48 heavy (non-hydrogen) atoms. The lowest BCUT2D eigenvalue weighted by Crippen LogP contribution is -2.28. The number of ether oxygens (including phenoxy) is 1. The van der Waals surface area contributed by atoms with Crippen molar-refractivity contribution in [3.05, 3.63) is 75.5 Å². The number of nitrogens with two attached hydrogens (primary N) is 2. The summed E-state index contributed by atoms with van der Waals surface area (Å²) >= 11 is 1.32. The highest BCUT2D eigenvalue weighted by molar-refractivity contribution is 7.15. The summed E-state index contributed by atoms with van der Waals surface area (Å²) < 4.78 is 72.7. The van der Waals surface area contributed by atoms with Gasteiger partial charge >= 0.3 is 18.5 Å². The number of unbranched alkanes of at least 4 members (excludes halogenated alkanes) is 1. The van der Waals surface area contributed by atoms with Crippen molar-refractivity contribution >= 4 is 34.3 Å². The molecule has 0 aliphatic rings. The summed E-state index contributed by atoms with van der Waals surface area (Å²) in [6.45, 7) is 3.71. The Morgan fingerprint density at radius 2 is 1.71 bits per heavy atom. The first-order chi connectivity index (χ1) is 22.3. The number of aliphatic carboxylic acids is 1. The van der Waals surface area contributed by atoms with Crippen molar-refractivity contribution in [1.29, 1.82) is 0 Å². The molecule has 0 spiro atoms. The molecule has 3 aromatic rings. The minimum absolute atomic E-state index is 0.0437. The second-order valence-corrected chi connectivity index (χ2v) is 11.0. The maximum atomic E-state index is 12.4. The van der Waals surface area contributed by atoms with E-state index in [9.17, 15) is 35.9 Å². The van der Waals surface area contributed by atoms with Crippen molar-refractivity contribution in [1.82, 2.24) is 25.7 Å². The number of carbonyl (C=O) groups excluding carboxylic acids is 2. The number of nitrogens with one attached hydrogen (secondary N) is 3.